The summed E-state index contributed by atoms with van der Waals surface area (Å²) in [5.74, 6) is 0.194. The number of carbonyl (C=O) groups excluding carboxylic acids is 1. The number of rotatable bonds is 6. The van der Waals surface area contributed by atoms with E-state index in [4.69, 9.17) is 4.42 Å². The second kappa shape index (κ2) is 7.62. The molecule has 0 unspecified atom stereocenters. The molecule has 1 heterocycles. The van der Waals surface area contributed by atoms with E-state index in [9.17, 15) is 4.79 Å². The molecule has 0 fully saturated rings. The van der Waals surface area contributed by atoms with Gasteiger partial charge < -0.3 is 9.32 Å². The molecule has 0 saturated heterocycles. The van der Waals surface area contributed by atoms with Crippen LogP contribution in [0.25, 0.3) is 21.9 Å². The minimum absolute atomic E-state index is 0. The van der Waals surface area contributed by atoms with Gasteiger partial charge in [-0.1, -0.05) is 32.0 Å². The topological polar surface area (TPSA) is 33.5 Å². The predicted molar refractivity (Wildman–Crippen MR) is 97.7 cm³/mol. The van der Waals surface area contributed by atoms with E-state index in [1.165, 1.54) is 0 Å². The maximum Gasteiger partial charge on any atom is 0.164 e. The number of nitrogens with zero attached hydrogens (tertiary/aromatic N) is 1. The van der Waals surface area contributed by atoms with Gasteiger partial charge >= 0.3 is 0 Å². The molecular formula is C19H22ClNO2. The second-order valence-electron chi connectivity index (χ2n) is 5.51. The average Bonchev–Trinajstić information content (AvgIpc) is 2.93. The lowest BCUT2D eigenvalue weighted by atomic mass is 10.0. The minimum atomic E-state index is 0. The van der Waals surface area contributed by atoms with Crippen molar-refractivity contribution in [3.63, 3.8) is 0 Å². The van der Waals surface area contributed by atoms with E-state index < -0.39 is 0 Å². The number of benzene rings is 2. The molecule has 0 radical (unpaired) electrons. The molecule has 122 valence electrons. The van der Waals surface area contributed by atoms with Gasteiger partial charge in [0, 0.05) is 29.3 Å². The van der Waals surface area contributed by atoms with E-state index in [1.807, 2.05) is 42.5 Å². The zero-order chi connectivity index (χ0) is 15.5. The van der Waals surface area contributed by atoms with Gasteiger partial charge in [0.2, 0.25) is 0 Å². The largest absolute Gasteiger partial charge is 0.456 e. The molecule has 0 N–H and O–H groups in total. The Morgan fingerprint density at radius 3 is 2.43 bits per heavy atom. The molecule has 0 saturated carbocycles. The van der Waals surface area contributed by atoms with Gasteiger partial charge in [-0.3, -0.25) is 4.79 Å². The highest BCUT2D eigenvalue weighted by atomic mass is 35.5. The molecule has 2 aromatic carbocycles. The summed E-state index contributed by atoms with van der Waals surface area (Å²) in [5, 5.41) is 2.08. The Kier molecular flexibility index (Phi) is 5.80. The van der Waals surface area contributed by atoms with E-state index >= 15 is 0 Å². The van der Waals surface area contributed by atoms with E-state index in [-0.39, 0.29) is 18.2 Å². The minimum Gasteiger partial charge on any atom is -0.456 e. The molecule has 3 rings (SSSR count). The number of carbonyl (C=O) groups is 1. The van der Waals surface area contributed by atoms with Crippen LogP contribution in [-0.2, 0) is 0 Å². The Morgan fingerprint density at radius 1 is 1.00 bits per heavy atom. The van der Waals surface area contributed by atoms with Crippen LogP contribution >= 0.6 is 12.4 Å². The fourth-order valence-electron chi connectivity index (χ4n) is 2.84. The third-order valence-electron chi connectivity index (χ3n) is 4.25. The summed E-state index contributed by atoms with van der Waals surface area (Å²) in [5.41, 5.74) is 2.47. The van der Waals surface area contributed by atoms with Crippen molar-refractivity contribution < 1.29 is 9.21 Å². The third kappa shape index (κ3) is 3.57. The summed E-state index contributed by atoms with van der Waals surface area (Å²) >= 11 is 0. The number of para-hydroxylation sites is 1. The lowest BCUT2D eigenvalue weighted by molar-refractivity contribution is 0.0966. The predicted octanol–water partition coefficient (Wildman–Crippen LogP) is 4.92. The number of hydrogen-bond donors (Lipinski definition) is 0. The molecule has 0 aliphatic rings. The van der Waals surface area contributed by atoms with Crippen LogP contribution in [0.2, 0.25) is 0 Å². The first-order valence-corrected chi connectivity index (χ1v) is 7.89. The average molecular weight is 332 g/mol. The van der Waals surface area contributed by atoms with Crippen LogP contribution < -0.4 is 0 Å². The lowest BCUT2D eigenvalue weighted by Crippen LogP contribution is -2.25. The molecule has 0 atom stereocenters. The van der Waals surface area contributed by atoms with Gasteiger partial charge in [0.05, 0.1) is 0 Å². The summed E-state index contributed by atoms with van der Waals surface area (Å²) in [4.78, 5) is 14.7. The Morgan fingerprint density at radius 2 is 1.70 bits per heavy atom. The Bertz CT molecular complexity index is 805. The zero-order valence-corrected chi connectivity index (χ0v) is 14.4. The van der Waals surface area contributed by atoms with Crippen LogP contribution in [0.15, 0.2) is 46.9 Å². The Balaban J connectivity index is 0.00000192. The van der Waals surface area contributed by atoms with Crippen molar-refractivity contribution in [1.29, 1.82) is 0 Å². The Labute approximate surface area is 142 Å². The first-order valence-electron chi connectivity index (χ1n) is 7.89. The smallest absolute Gasteiger partial charge is 0.164 e. The summed E-state index contributed by atoms with van der Waals surface area (Å²) < 4.78 is 5.80. The van der Waals surface area contributed by atoms with E-state index in [1.54, 1.807) is 0 Å². The van der Waals surface area contributed by atoms with Crippen molar-refractivity contribution in [3.05, 3.63) is 48.0 Å². The molecule has 4 heteroatoms. The van der Waals surface area contributed by atoms with Gasteiger partial charge in [-0.25, -0.2) is 0 Å². The summed E-state index contributed by atoms with van der Waals surface area (Å²) in [6.07, 6.45) is 0.559. The van der Waals surface area contributed by atoms with Crippen molar-refractivity contribution in [2.24, 2.45) is 0 Å². The molecule has 0 aliphatic carbocycles. The first kappa shape index (κ1) is 17.5. The Hall–Kier alpha value is -1.84. The number of fused-ring (bicyclic) bond motifs is 3. The molecule has 1 aromatic heterocycles. The summed E-state index contributed by atoms with van der Waals surface area (Å²) in [7, 11) is 0. The van der Waals surface area contributed by atoms with E-state index in [0.29, 0.717) is 6.42 Å². The van der Waals surface area contributed by atoms with Crippen LogP contribution in [0.3, 0.4) is 0 Å². The highest BCUT2D eigenvalue weighted by molar-refractivity contribution is 6.08. The van der Waals surface area contributed by atoms with Gasteiger partial charge in [-0.05, 0) is 37.4 Å². The molecule has 23 heavy (non-hydrogen) atoms. The van der Waals surface area contributed by atoms with Gasteiger partial charge in [0.25, 0.3) is 0 Å². The summed E-state index contributed by atoms with van der Waals surface area (Å²) in [6, 6.07) is 13.7. The van der Waals surface area contributed by atoms with E-state index in [0.717, 1.165) is 47.1 Å². The van der Waals surface area contributed by atoms with Gasteiger partial charge in [-0.15, -0.1) is 12.4 Å². The van der Waals surface area contributed by atoms with Crippen molar-refractivity contribution in [3.8, 4) is 0 Å². The highest BCUT2D eigenvalue weighted by Gasteiger charge is 2.12. The molecule has 0 aliphatic heterocycles. The van der Waals surface area contributed by atoms with Crippen LogP contribution in [0.4, 0.5) is 0 Å². The number of Topliss-reactive ketones (excluding diaryl/α,β-unsaturated/α-hetero) is 1. The maximum atomic E-state index is 12.4. The SMILES string of the molecule is CCN(CC)CCC(=O)c1ccc2oc3ccccc3c2c1.Cl. The molecule has 3 aromatic rings. The van der Waals surface area contributed by atoms with Crippen LogP contribution in [-0.4, -0.2) is 30.3 Å². The van der Waals surface area contributed by atoms with Crippen LogP contribution in [0.5, 0.6) is 0 Å². The van der Waals surface area contributed by atoms with E-state index in [2.05, 4.69) is 18.7 Å². The fourth-order valence-corrected chi connectivity index (χ4v) is 2.84. The monoisotopic (exact) mass is 331 g/mol. The quantitative estimate of drug-likeness (QED) is 0.601. The third-order valence-corrected chi connectivity index (χ3v) is 4.25. The fraction of sp³-hybridized carbons (Fsp3) is 0.316. The summed E-state index contributed by atoms with van der Waals surface area (Å²) in [6.45, 7) is 7.02. The van der Waals surface area contributed by atoms with Crippen LogP contribution in [0.1, 0.15) is 30.6 Å². The van der Waals surface area contributed by atoms with Gasteiger partial charge in [0.15, 0.2) is 5.78 Å². The number of halogens is 1. The molecule has 0 amide bonds. The number of ketones is 1. The van der Waals surface area contributed by atoms with Crippen molar-refractivity contribution in [2.75, 3.05) is 19.6 Å². The molecule has 0 bridgehead atoms. The zero-order valence-electron chi connectivity index (χ0n) is 13.5. The first-order chi connectivity index (χ1) is 10.7. The number of hydrogen-bond acceptors (Lipinski definition) is 3. The highest BCUT2D eigenvalue weighted by Crippen LogP contribution is 2.29. The lowest BCUT2D eigenvalue weighted by Gasteiger charge is -2.17. The second-order valence-corrected chi connectivity index (χ2v) is 5.51. The molecular weight excluding hydrogens is 310 g/mol. The standard InChI is InChI=1S/C19H21NO2.ClH/c1-3-20(4-2)12-11-17(21)14-9-10-19-16(13-14)15-7-5-6-8-18(15)22-19;/h5-10,13H,3-4,11-12H2,1-2H3;1H. The van der Waals surface area contributed by atoms with Gasteiger partial charge in [-0.2, -0.15) is 0 Å². The van der Waals surface area contributed by atoms with Crippen molar-refractivity contribution in [2.45, 2.75) is 20.3 Å². The normalized spacial score (nSPS) is 11.1. The molecule has 3 nitrogen and oxygen atoms in total. The molecule has 0 spiro atoms. The number of furan rings is 1. The maximum absolute atomic E-state index is 12.4. The van der Waals surface area contributed by atoms with Crippen molar-refractivity contribution in [1.82, 2.24) is 4.90 Å². The van der Waals surface area contributed by atoms with Crippen molar-refractivity contribution >= 4 is 40.1 Å². The van der Waals surface area contributed by atoms with Crippen LogP contribution in [0, 0.1) is 0 Å². The van der Waals surface area contributed by atoms with Gasteiger partial charge in [0.1, 0.15) is 11.2 Å².